The van der Waals surface area contributed by atoms with Gasteiger partial charge in [0.25, 0.3) is 11.8 Å². The number of likely N-dealkylation sites (tertiary alicyclic amines) is 1. The van der Waals surface area contributed by atoms with E-state index in [2.05, 4.69) is 19.2 Å². The number of hydrogen-bond acceptors (Lipinski definition) is 3. The van der Waals surface area contributed by atoms with E-state index in [1.54, 1.807) is 12.1 Å². The van der Waals surface area contributed by atoms with Gasteiger partial charge in [-0.3, -0.25) is 9.59 Å². The zero-order valence-corrected chi connectivity index (χ0v) is 16.8. The maximum Gasteiger partial charge on any atom is 0.262 e. The lowest BCUT2D eigenvalue weighted by Gasteiger charge is -2.39. The number of carbonyl (C=O) groups excluding carboxylic acids is 2. The Kier molecular flexibility index (Phi) is 6.34. The second kappa shape index (κ2) is 8.91. The normalized spacial score (nSPS) is 19.2. The number of rotatable bonds is 5. The highest BCUT2D eigenvalue weighted by atomic mass is 16.5. The van der Waals surface area contributed by atoms with Gasteiger partial charge >= 0.3 is 0 Å². The predicted molar refractivity (Wildman–Crippen MR) is 111 cm³/mol. The number of piperidine rings is 1. The summed E-state index contributed by atoms with van der Waals surface area (Å²) in [6.45, 7) is 6.00. The summed E-state index contributed by atoms with van der Waals surface area (Å²) in [5, 5.41) is 2.84. The molecule has 1 heterocycles. The van der Waals surface area contributed by atoms with Gasteiger partial charge in [-0.2, -0.15) is 0 Å². The van der Waals surface area contributed by atoms with Gasteiger partial charge in [-0.25, -0.2) is 0 Å². The van der Waals surface area contributed by atoms with Crippen LogP contribution in [-0.4, -0.2) is 35.4 Å². The van der Waals surface area contributed by atoms with E-state index < -0.39 is 0 Å². The van der Waals surface area contributed by atoms with Crippen molar-refractivity contribution in [1.29, 1.82) is 0 Å². The van der Waals surface area contributed by atoms with Crippen LogP contribution < -0.4 is 10.1 Å². The lowest BCUT2D eigenvalue weighted by atomic mass is 9.96. The molecule has 5 nitrogen and oxygen atoms in total. The zero-order valence-electron chi connectivity index (χ0n) is 16.8. The van der Waals surface area contributed by atoms with Crippen molar-refractivity contribution in [2.24, 2.45) is 0 Å². The Morgan fingerprint density at radius 3 is 2.39 bits per heavy atom. The fraction of sp³-hybridized carbons (Fsp3) is 0.391. The molecule has 1 saturated heterocycles. The summed E-state index contributed by atoms with van der Waals surface area (Å²) in [5.41, 5.74) is 2.02. The molecule has 148 valence electrons. The maximum absolute atomic E-state index is 13.2. The van der Waals surface area contributed by atoms with Crippen molar-refractivity contribution in [1.82, 2.24) is 4.90 Å². The summed E-state index contributed by atoms with van der Waals surface area (Å²) in [6, 6.07) is 15.1. The smallest absolute Gasteiger partial charge is 0.262 e. The molecule has 0 spiro atoms. The van der Waals surface area contributed by atoms with E-state index in [1.807, 2.05) is 48.2 Å². The van der Waals surface area contributed by atoms with Gasteiger partial charge in [-0.05, 0) is 63.8 Å². The Balaban J connectivity index is 1.70. The first-order valence-electron chi connectivity index (χ1n) is 9.87. The largest absolute Gasteiger partial charge is 0.483 e. The summed E-state index contributed by atoms with van der Waals surface area (Å²) in [4.78, 5) is 27.5. The lowest BCUT2D eigenvalue weighted by Crippen LogP contribution is -2.47. The molecule has 1 aliphatic rings. The second-order valence-electron chi connectivity index (χ2n) is 7.49. The molecular weight excluding hydrogens is 352 g/mol. The topological polar surface area (TPSA) is 58.6 Å². The molecule has 2 amide bonds. The monoisotopic (exact) mass is 380 g/mol. The average Bonchev–Trinajstić information content (AvgIpc) is 2.67. The number of ether oxygens (including phenoxy) is 1. The number of aryl methyl sites for hydroxylation is 1. The Morgan fingerprint density at radius 1 is 1.04 bits per heavy atom. The van der Waals surface area contributed by atoms with E-state index in [0.717, 1.165) is 24.8 Å². The van der Waals surface area contributed by atoms with Crippen molar-refractivity contribution in [2.75, 3.05) is 11.9 Å². The third-order valence-corrected chi connectivity index (χ3v) is 5.31. The van der Waals surface area contributed by atoms with Gasteiger partial charge in [0.2, 0.25) is 0 Å². The molecule has 2 aromatic carbocycles. The van der Waals surface area contributed by atoms with Gasteiger partial charge in [0.1, 0.15) is 5.75 Å². The van der Waals surface area contributed by atoms with Crippen LogP contribution in [0, 0.1) is 6.92 Å². The minimum Gasteiger partial charge on any atom is -0.483 e. The number of anilines is 1. The highest BCUT2D eigenvalue weighted by Crippen LogP contribution is 2.27. The molecule has 2 aromatic rings. The molecule has 0 aliphatic carbocycles. The van der Waals surface area contributed by atoms with E-state index in [1.165, 1.54) is 0 Å². The molecular formula is C23H28N2O3. The first kappa shape index (κ1) is 19.9. The van der Waals surface area contributed by atoms with Crippen LogP contribution in [0.2, 0.25) is 0 Å². The highest BCUT2D eigenvalue weighted by molar-refractivity contribution is 6.04. The third kappa shape index (κ3) is 4.53. The molecule has 2 atom stereocenters. The van der Waals surface area contributed by atoms with Gasteiger partial charge < -0.3 is 15.0 Å². The third-order valence-electron chi connectivity index (χ3n) is 5.31. The molecule has 0 saturated carbocycles. The number of hydrogen-bond donors (Lipinski definition) is 1. The SMILES string of the molecule is Cc1ccccc1OCC(=O)Nc1ccccc1C(=O)N1C(C)CCCC1C. The molecule has 0 bridgehead atoms. The lowest BCUT2D eigenvalue weighted by molar-refractivity contribution is -0.118. The second-order valence-corrected chi connectivity index (χ2v) is 7.49. The molecule has 28 heavy (non-hydrogen) atoms. The molecule has 1 N–H and O–H groups in total. The van der Waals surface area contributed by atoms with Crippen molar-refractivity contribution >= 4 is 17.5 Å². The molecule has 0 aromatic heterocycles. The maximum atomic E-state index is 13.2. The van der Waals surface area contributed by atoms with Gasteiger partial charge in [0.05, 0.1) is 11.3 Å². The predicted octanol–water partition coefficient (Wildman–Crippen LogP) is 4.42. The minimum atomic E-state index is -0.289. The van der Waals surface area contributed by atoms with E-state index in [-0.39, 0.29) is 30.5 Å². The molecule has 5 heteroatoms. The summed E-state index contributed by atoms with van der Waals surface area (Å²) < 4.78 is 5.61. The number of nitrogens with zero attached hydrogens (tertiary/aromatic N) is 1. The van der Waals surface area contributed by atoms with Gasteiger partial charge in [-0.1, -0.05) is 30.3 Å². The quantitative estimate of drug-likeness (QED) is 0.836. The number of benzene rings is 2. The van der Waals surface area contributed by atoms with Crippen LogP contribution in [-0.2, 0) is 4.79 Å². The zero-order chi connectivity index (χ0) is 20.1. The Hall–Kier alpha value is -2.82. The average molecular weight is 380 g/mol. The van der Waals surface area contributed by atoms with Crippen LogP contribution >= 0.6 is 0 Å². The summed E-state index contributed by atoms with van der Waals surface area (Å²) >= 11 is 0. The van der Waals surface area contributed by atoms with Crippen molar-refractivity contribution in [3.63, 3.8) is 0 Å². The Bertz CT molecular complexity index is 839. The number of nitrogens with one attached hydrogen (secondary N) is 1. The Labute approximate surface area is 166 Å². The molecule has 2 unspecified atom stereocenters. The number of amides is 2. The van der Waals surface area contributed by atoms with E-state index in [4.69, 9.17) is 4.74 Å². The van der Waals surface area contributed by atoms with E-state index in [9.17, 15) is 9.59 Å². The minimum absolute atomic E-state index is 0.0320. The van der Waals surface area contributed by atoms with E-state index in [0.29, 0.717) is 17.0 Å². The van der Waals surface area contributed by atoms with Crippen LogP contribution in [0.4, 0.5) is 5.69 Å². The van der Waals surface area contributed by atoms with Crippen molar-refractivity contribution < 1.29 is 14.3 Å². The standard InChI is InChI=1S/C23H28N2O3/c1-16-9-4-7-14-21(16)28-15-22(26)24-20-13-6-5-12-19(20)23(27)25-17(2)10-8-11-18(25)3/h4-7,9,12-14,17-18H,8,10-11,15H2,1-3H3,(H,24,26). The molecule has 1 fully saturated rings. The van der Waals surface area contributed by atoms with Crippen LogP contribution in [0.1, 0.15) is 49.0 Å². The van der Waals surface area contributed by atoms with Crippen LogP contribution in [0.3, 0.4) is 0 Å². The van der Waals surface area contributed by atoms with Crippen molar-refractivity contribution in [3.05, 3.63) is 59.7 Å². The number of para-hydroxylation sites is 2. The highest BCUT2D eigenvalue weighted by Gasteiger charge is 2.30. The Morgan fingerprint density at radius 2 is 1.68 bits per heavy atom. The van der Waals surface area contributed by atoms with E-state index >= 15 is 0 Å². The molecule has 1 aliphatic heterocycles. The first-order chi connectivity index (χ1) is 13.5. The van der Waals surface area contributed by atoms with Gasteiger partial charge in [-0.15, -0.1) is 0 Å². The van der Waals surface area contributed by atoms with Gasteiger partial charge in [0.15, 0.2) is 6.61 Å². The summed E-state index contributed by atoms with van der Waals surface area (Å²) in [6.07, 6.45) is 3.16. The fourth-order valence-corrected chi connectivity index (χ4v) is 3.79. The van der Waals surface area contributed by atoms with Crippen molar-refractivity contribution in [2.45, 2.75) is 52.1 Å². The molecule has 0 radical (unpaired) electrons. The molecule has 3 rings (SSSR count). The first-order valence-corrected chi connectivity index (χ1v) is 9.87. The number of carbonyl (C=O) groups is 2. The van der Waals surface area contributed by atoms with Crippen LogP contribution in [0.15, 0.2) is 48.5 Å². The summed E-state index contributed by atoms with van der Waals surface area (Å²) in [5.74, 6) is 0.358. The fourth-order valence-electron chi connectivity index (χ4n) is 3.79. The van der Waals surface area contributed by atoms with Crippen LogP contribution in [0.5, 0.6) is 5.75 Å². The van der Waals surface area contributed by atoms with Crippen LogP contribution in [0.25, 0.3) is 0 Å². The van der Waals surface area contributed by atoms with Gasteiger partial charge in [0, 0.05) is 12.1 Å². The summed E-state index contributed by atoms with van der Waals surface area (Å²) in [7, 11) is 0. The van der Waals surface area contributed by atoms with Crippen molar-refractivity contribution in [3.8, 4) is 5.75 Å².